The van der Waals surface area contributed by atoms with E-state index in [-0.39, 0.29) is 11.5 Å². The average molecular weight is 548 g/mol. The van der Waals surface area contributed by atoms with E-state index in [0.29, 0.717) is 31.1 Å². The Morgan fingerprint density at radius 2 is 1.85 bits per heavy atom. The van der Waals surface area contributed by atoms with Crippen LogP contribution in [0.2, 0.25) is 0 Å². The summed E-state index contributed by atoms with van der Waals surface area (Å²) in [6.07, 6.45) is 4.46. The molecule has 1 fully saturated rings. The standard InChI is InChI=1S/C33H45N3O4/c1-6-15-32(38)16-17-33(18-21-39-28-11-7-25(8-12-28)24-34-19-20-35(2)3)27(23-32)10-9-26-22-29(13-14-30(26)33)40-31(37)36(4)5/h7-8,11-14,22,27,34,38H,9-10,16-21,23-24H2,1-5H3/t27-,32+,33+/m0/s1. The van der Waals surface area contributed by atoms with Gasteiger partial charge in [-0.25, -0.2) is 4.79 Å². The SMILES string of the molecule is CC#C[C@@]1(O)CC[C@]2(CCOc3ccc(CNCCN(C)C)cc3)c3ccc(OC(=O)N(C)C)cc3CC[C@H]2C1. The van der Waals surface area contributed by atoms with Crippen LogP contribution in [-0.2, 0) is 18.4 Å². The minimum atomic E-state index is -0.932. The molecule has 7 heteroatoms. The van der Waals surface area contributed by atoms with Crippen LogP contribution in [0, 0.1) is 17.8 Å². The first kappa shape index (κ1) is 29.9. The van der Waals surface area contributed by atoms with Crippen molar-refractivity contribution in [1.82, 2.24) is 15.1 Å². The van der Waals surface area contributed by atoms with Gasteiger partial charge in [0.05, 0.1) is 6.61 Å². The first-order valence-corrected chi connectivity index (χ1v) is 14.4. The molecule has 0 aliphatic heterocycles. The normalized spacial score (nSPS) is 23.4. The Hall–Kier alpha value is -3.05. The largest absolute Gasteiger partial charge is 0.494 e. The van der Waals surface area contributed by atoms with E-state index < -0.39 is 5.60 Å². The molecule has 0 spiro atoms. The van der Waals surface area contributed by atoms with E-state index >= 15 is 0 Å². The Morgan fingerprint density at radius 3 is 2.55 bits per heavy atom. The number of carbonyl (C=O) groups excluding carboxylic acids is 1. The summed E-state index contributed by atoms with van der Waals surface area (Å²) in [5.74, 6) is 7.78. The predicted molar refractivity (Wildman–Crippen MR) is 159 cm³/mol. The van der Waals surface area contributed by atoms with Crippen molar-refractivity contribution in [2.45, 2.75) is 63.0 Å². The van der Waals surface area contributed by atoms with Crippen molar-refractivity contribution in [2.75, 3.05) is 47.9 Å². The molecule has 1 amide bonds. The molecule has 0 saturated heterocycles. The number of benzene rings is 2. The molecule has 0 radical (unpaired) electrons. The monoisotopic (exact) mass is 547 g/mol. The fourth-order valence-corrected chi connectivity index (χ4v) is 6.32. The van der Waals surface area contributed by atoms with E-state index in [9.17, 15) is 9.90 Å². The van der Waals surface area contributed by atoms with Crippen LogP contribution in [0.5, 0.6) is 11.5 Å². The van der Waals surface area contributed by atoms with Gasteiger partial charge in [0.1, 0.15) is 17.1 Å². The van der Waals surface area contributed by atoms with Gasteiger partial charge in [-0.1, -0.05) is 24.1 Å². The highest BCUT2D eigenvalue weighted by molar-refractivity contribution is 5.70. The van der Waals surface area contributed by atoms with Crippen LogP contribution in [0.3, 0.4) is 0 Å². The van der Waals surface area contributed by atoms with E-state index in [1.54, 1.807) is 21.0 Å². The molecule has 0 aromatic heterocycles. The molecule has 216 valence electrons. The number of fused-ring (bicyclic) bond motifs is 3. The van der Waals surface area contributed by atoms with Crippen molar-refractivity contribution in [3.05, 3.63) is 59.2 Å². The summed E-state index contributed by atoms with van der Waals surface area (Å²) in [5.41, 5.74) is 2.70. The number of aryl methyl sites for hydroxylation is 1. The molecule has 0 bridgehead atoms. The summed E-state index contributed by atoms with van der Waals surface area (Å²) < 4.78 is 11.9. The lowest BCUT2D eigenvalue weighted by Gasteiger charge is -2.52. The molecule has 2 N–H and O–H groups in total. The van der Waals surface area contributed by atoms with E-state index in [1.807, 2.05) is 12.1 Å². The van der Waals surface area contributed by atoms with Crippen LogP contribution in [0.4, 0.5) is 4.79 Å². The minimum absolute atomic E-state index is 0.115. The van der Waals surface area contributed by atoms with Crippen LogP contribution in [-0.4, -0.2) is 74.5 Å². The lowest BCUT2D eigenvalue weighted by Crippen LogP contribution is -2.50. The Bertz CT molecular complexity index is 1220. The molecule has 2 aromatic carbocycles. The molecular formula is C33H45N3O4. The van der Waals surface area contributed by atoms with Gasteiger partial charge >= 0.3 is 6.09 Å². The predicted octanol–water partition coefficient (Wildman–Crippen LogP) is 4.61. The third-order valence-electron chi connectivity index (χ3n) is 8.46. The smallest absolute Gasteiger partial charge is 0.414 e. The van der Waals surface area contributed by atoms with Crippen molar-refractivity contribution in [3.8, 4) is 23.3 Å². The van der Waals surface area contributed by atoms with Gasteiger partial charge in [-0.15, -0.1) is 5.92 Å². The third kappa shape index (κ3) is 7.17. The molecule has 7 nitrogen and oxygen atoms in total. The first-order chi connectivity index (χ1) is 19.1. The number of rotatable bonds is 10. The second-order valence-electron chi connectivity index (χ2n) is 11.8. The highest BCUT2D eigenvalue weighted by Crippen LogP contribution is 2.54. The van der Waals surface area contributed by atoms with Gasteiger partial charge in [-0.2, -0.15) is 0 Å². The molecule has 2 aliphatic rings. The summed E-state index contributed by atoms with van der Waals surface area (Å²) >= 11 is 0. The van der Waals surface area contributed by atoms with Crippen molar-refractivity contribution >= 4 is 6.09 Å². The second kappa shape index (κ2) is 13.1. The maximum atomic E-state index is 12.1. The molecule has 0 unspecified atom stereocenters. The highest BCUT2D eigenvalue weighted by Gasteiger charge is 2.51. The second-order valence-corrected chi connectivity index (χ2v) is 11.8. The average Bonchev–Trinajstić information content (AvgIpc) is 2.92. The molecule has 1 saturated carbocycles. The maximum Gasteiger partial charge on any atom is 0.414 e. The van der Waals surface area contributed by atoms with E-state index in [0.717, 1.165) is 51.1 Å². The van der Waals surface area contributed by atoms with Crippen LogP contribution in [0.15, 0.2) is 42.5 Å². The molecule has 0 heterocycles. The zero-order valence-corrected chi connectivity index (χ0v) is 24.8. The quantitative estimate of drug-likeness (QED) is 0.335. The van der Waals surface area contributed by atoms with Gasteiger partial charge in [0.15, 0.2) is 0 Å². The summed E-state index contributed by atoms with van der Waals surface area (Å²) in [6, 6.07) is 14.4. The summed E-state index contributed by atoms with van der Waals surface area (Å²) in [4.78, 5) is 15.7. The lowest BCUT2D eigenvalue weighted by molar-refractivity contribution is -0.0143. The van der Waals surface area contributed by atoms with Crippen LogP contribution >= 0.6 is 0 Å². The number of amides is 1. The fourth-order valence-electron chi connectivity index (χ4n) is 6.32. The topological polar surface area (TPSA) is 74.3 Å². The van der Waals surface area contributed by atoms with Gasteiger partial charge < -0.3 is 29.7 Å². The number of ether oxygens (including phenoxy) is 2. The first-order valence-electron chi connectivity index (χ1n) is 14.4. The molecular weight excluding hydrogens is 502 g/mol. The number of hydrogen-bond donors (Lipinski definition) is 2. The van der Waals surface area contributed by atoms with Gasteiger partial charge in [-0.3, -0.25) is 0 Å². The van der Waals surface area contributed by atoms with E-state index in [2.05, 4.69) is 66.5 Å². The Labute approximate surface area is 239 Å². The zero-order valence-electron chi connectivity index (χ0n) is 24.8. The number of likely N-dealkylation sites (N-methyl/N-ethyl adjacent to an activating group) is 1. The number of aliphatic hydroxyl groups is 1. The highest BCUT2D eigenvalue weighted by atomic mass is 16.6. The Balaban J connectivity index is 1.47. The van der Waals surface area contributed by atoms with E-state index in [1.165, 1.54) is 21.6 Å². The summed E-state index contributed by atoms with van der Waals surface area (Å²) in [7, 11) is 7.52. The van der Waals surface area contributed by atoms with Crippen LogP contribution in [0.1, 0.15) is 55.7 Å². The number of carbonyl (C=O) groups is 1. The fraction of sp³-hybridized carbons (Fsp3) is 0.545. The van der Waals surface area contributed by atoms with Gasteiger partial charge in [-0.05, 0) is 106 Å². The molecule has 40 heavy (non-hydrogen) atoms. The van der Waals surface area contributed by atoms with Gasteiger partial charge in [0, 0.05) is 39.1 Å². The van der Waals surface area contributed by atoms with Gasteiger partial charge in [0.25, 0.3) is 0 Å². The maximum absolute atomic E-state index is 12.1. The van der Waals surface area contributed by atoms with Crippen molar-refractivity contribution in [3.63, 3.8) is 0 Å². The number of nitrogens with zero attached hydrogens (tertiary/aromatic N) is 2. The lowest BCUT2D eigenvalue weighted by atomic mass is 9.53. The molecule has 3 atom stereocenters. The van der Waals surface area contributed by atoms with Crippen molar-refractivity contribution in [2.24, 2.45) is 5.92 Å². The summed E-state index contributed by atoms with van der Waals surface area (Å²) in [5, 5.41) is 14.7. The van der Waals surface area contributed by atoms with Gasteiger partial charge in [0.2, 0.25) is 0 Å². The Kier molecular flexibility index (Phi) is 9.78. The third-order valence-corrected chi connectivity index (χ3v) is 8.46. The van der Waals surface area contributed by atoms with Crippen molar-refractivity contribution in [1.29, 1.82) is 0 Å². The Morgan fingerprint density at radius 1 is 1.10 bits per heavy atom. The van der Waals surface area contributed by atoms with E-state index in [4.69, 9.17) is 9.47 Å². The van der Waals surface area contributed by atoms with Crippen molar-refractivity contribution < 1.29 is 19.4 Å². The molecule has 2 aromatic rings. The zero-order chi connectivity index (χ0) is 28.8. The minimum Gasteiger partial charge on any atom is -0.494 e. The van der Waals surface area contributed by atoms with Crippen LogP contribution in [0.25, 0.3) is 0 Å². The summed E-state index contributed by atoms with van der Waals surface area (Å²) in [6.45, 7) is 5.19. The molecule has 4 rings (SSSR count). The number of nitrogens with one attached hydrogen (secondary N) is 1. The molecule has 2 aliphatic carbocycles. The van der Waals surface area contributed by atoms with Crippen LogP contribution < -0.4 is 14.8 Å². The number of hydrogen-bond acceptors (Lipinski definition) is 6.